The van der Waals surface area contributed by atoms with Gasteiger partial charge in [-0.1, -0.05) is 54.6 Å². The topological polar surface area (TPSA) is 17.8 Å². The summed E-state index contributed by atoms with van der Waals surface area (Å²) >= 11 is 0. The van der Waals surface area contributed by atoms with E-state index in [0.717, 1.165) is 29.8 Å². The average Bonchev–Trinajstić information content (AvgIpc) is 3.17. The van der Waals surface area contributed by atoms with Gasteiger partial charge in [-0.25, -0.2) is 4.98 Å². The summed E-state index contributed by atoms with van der Waals surface area (Å²) in [6.45, 7) is 0.203. The first-order chi connectivity index (χ1) is 15.1. The third-order valence-electron chi connectivity index (χ3n) is 4.95. The van der Waals surface area contributed by atoms with E-state index in [0.29, 0.717) is 22.6 Å². The van der Waals surface area contributed by atoms with E-state index in [1.165, 1.54) is 24.3 Å². The van der Waals surface area contributed by atoms with Gasteiger partial charge in [0.1, 0.15) is 5.82 Å². The Morgan fingerprint density at radius 1 is 0.625 bits per heavy atom. The molecule has 0 bridgehead atoms. The Kier molecular flexibility index (Phi) is 5.54. The summed E-state index contributed by atoms with van der Waals surface area (Å²) in [5, 5.41) is 0. The number of halogens is 6. The number of hydrogen-bond acceptors (Lipinski definition) is 1. The molecule has 1 heterocycles. The van der Waals surface area contributed by atoms with Gasteiger partial charge < -0.3 is 4.57 Å². The number of rotatable bonds is 4. The third kappa shape index (κ3) is 4.69. The molecule has 2 nitrogen and oxygen atoms in total. The smallest absolute Gasteiger partial charge is 0.326 e. The Labute approximate surface area is 179 Å². The fourth-order valence-electron chi connectivity index (χ4n) is 3.32. The first-order valence-corrected chi connectivity index (χ1v) is 9.57. The second-order valence-corrected chi connectivity index (χ2v) is 7.21. The van der Waals surface area contributed by atoms with Gasteiger partial charge in [-0.05, 0) is 29.8 Å². The van der Waals surface area contributed by atoms with Crippen LogP contribution in [0.25, 0.3) is 22.6 Å². The number of nitrogens with zero attached hydrogens (tertiary/aromatic N) is 2. The van der Waals surface area contributed by atoms with Crippen LogP contribution >= 0.6 is 0 Å². The minimum absolute atomic E-state index is 0.203. The van der Waals surface area contributed by atoms with Crippen LogP contribution in [0.4, 0.5) is 26.3 Å². The molecule has 0 aliphatic carbocycles. The highest BCUT2D eigenvalue weighted by atomic mass is 19.4. The quantitative estimate of drug-likeness (QED) is 0.301. The van der Waals surface area contributed by atoms with Crippen LogP contribution in [0, 0.1) is 0 Å². The van der Waals surface area contributed by atoms with Gasteiger partial charge in [0.25, 0.3) is 0 Å². The summed E-state index contributed by atoms with van der Waals surface area (Å²) in [6, 6.07) is 18.6. The monoisotopic (exact) mass is 446 g/mol. The van der Waals surface area contributed by atoms with Gasteiger partial charge in [0.2, 0.25) is 0 Å². The molecule has 0 atom stereocenters. The van der Waals surface area contributed by atoms with E-state index < -0.39 is 23.5 Å². The predicted octanol–water partition coefficient (Wildman–Crippen LogP) is 7.30. The van der Waals surface area contributed by atoms with Crippen molar-refractivity contribution in [1.29, 1.82) is 0 Å². The number of benzene rings is 3. The number of aromatic nitrogens is 2. The molecule has 0 aliphatic rings. The molecule has 8 heteroatoms. The van der Waals surface area contributed by atoms with Crippen LogP contribution in [0.2, 0.25) is 0 Å². The van der Waals surface area contributed by atoms with Gasteiger partial charge in [0, 0.05) is 23.9 Å². The fraction of sp³-hybridized carbons (Fsp3) is 0.125. The minimum Gasteiger partial charge on any atom is -0.326 e. The van der Waals surface area contributed by atoms with Crippen LogP contribution in [-0.2, 0) is 18.9 Å². The summed E-state index contributed by atoms with van der Waals surface area (Å²) in [5.41, 5.74) is 0.958. The molecule has 0 unspecified atom stereocenters. The second-order valence-electron chi connectivity index (χ2n) is 7.21. The van der Waals surface area contributed by atoms with Gasteiger partial charge in [-0.15, -0.1) is 0 Å². The van der Waals surface area contributed by atoms with Gasteiger partial charge in [-0.2, -0.15) is 26.3 Å². The van der Waals surface area contributed by atoms with E-state index in [2.05, 4.69) is 4.98 Å². The largest absolute Gasteiger partial charge is 0.416 e. The van der Waals surface area contributed by atoms with Crippen molar-refractivity contribution in [2.75, 3.05) is 0 Å². The molecular formula is C24H16F6N2. The zero-order valence-electron chi connectivity index (χ0n) is 16.5. The van der Waals surface area contributed by atoms with Gasteiger partial charge in [-0.3, -0.25) is 0 Å². The highest BCUT2D eigenvalue weighted by Crippen LogP contribution is 2.32. The summed E-state index contributed by atoms with van der Waals surface area (Å²) in [5.74, 6) is 0.414. The Balaban J connectivity index is 1.73. The molecule has 0 aliphatic heterocycles. The number of alkyl halides is 6. The Bertz CT molecular complexity index is 1190. The lowest BCUT2D eigenvalue weighted by atomic mass is 10.1. The molecule has 4 aromatic rings. The normalized spacial score (nSPS) is 12.2. The molecule has 3 aromatic carbocycles. The van der Waals surface area contributed by atoms with Crippen LogP contribution in [0.3, 0.4) is 0 Å². The number of imidazole rings is 1. The fourth-order valence-corrected chi connectivity index (χ4v) is 3.32. The van der Waals surface area contributed by atoms with E-state index in [1.807, 2.05) is 30.3 Å². The van der Waals surface area contributed by atoms with E-state index in [1.54, 1.807) is 10.8 Å². The lowest BCUT2D eigenvalue weighted by molar-refractivity contribution is -0.138. The minimum atomic E-state index is -4.45. The molecule has 0 saturated heterocycles. The lowest BCUT2D eigenvalue weighted by Crippen LogP contribution is -2.06. The molecule has 1 aromatic heterocycles. The van der Waals surface area contributed by atoms with Crippen LogP contribution < -0.4 is 0 Å². The standard InChI is InChI=1S/C24H16F6N2/c25-23(26,27)19-10-6-16(7-11-19)14-32-15-21(17-4-2-1-3-5-17)31-22(32)18-8-12-20(13-9-18)24(28,29)30/h1-13,15H,14H2. The molecule has 32 heavy (non-hydrogen) atoms. The van der Waals surface area contributed by atoms with E-state index >= 15 is 0 Å². The highest BCUT2D eigenvalue weighted by molar-refractivity contribution is 5.65. The summed E-state index contributed by atoms with van der Waals surface area (Å²) in [6.07, 6.45) is -7.15. The summed E-state index contributed by atoms with van der Waals surface area (Å²) in [4.78, 5) is 4.60. The summed E-state index contributed by atoms with van der Waals surface area (Å²) in [7, 11) is 0. The van der Waals surface area contributed by atoms with Crippen LogP contribution in [0.1, 0.15) is 16.7 Å². The summed E-state index contributed by atoms with van der Waals surface area (Å²) < 4.78 is 79.0. The maximum Gasteiger partial charge on any atom is 0.416 e. The predicted molar refractivity (Wildman–Crippen MR) is 109 cm³/mol. The van der Waals surface area contributed by atoms with Crippen molar-refractivity contribution in [2.45, 2.75) is 18.9 Å². The zero-order valence-corrected chi connectivity index (χ0v) is 16.5. The Morgan fingerprint density at radius 3 is 1.69 bits per heavy atom. The lowest BCUT2D eigenvalue weighted by Gasteiger charge is -2.11. The van der Waals surface area contributed by atoms with E-state index in [9.17, 15) is 26.3 Å². The average molecular weight is 446 g/mol. The molecule has 0 spiro atoms. The van der Waals surface area contributed by atoms with Crippen molar-refractivity contribution in [3.05, 3.63) is 102 Å². The first kappa shape index (κ1) is 21.7. The van der Waals surface area contributed by atoms with Gasteiger partial charge >= 0.3 is 12.4 Å². The van der Waals surface area contributed by atoms with Crippen molar-refractivity contribution in [3.63, 3.8) is 0 Å². The molecule has 0 saturated carbocycles. The Hall–Kier alpha value is -3.55. The van der Waals surface area contributed by atoms with Crippen molar-refractivity contribution in [1.82, 2.24) is 9.55 Å². The SMILES string of the molecule is FC(F)(F)c1ccc(Cn2cc(-c3ccccc3)nc2-c2ccc(C(F)(F)F)cc2)cc1. The van der Waals surface area contributed by atoms with Crippen LogP contribution in [-0.4, -0.2) is 9.55 Å². The molecule has 164 valence electrons. The number of hydrogen-bond donors (Lipinski definition) is 0. The first-order valence-electron chi connectivity index (χ1n) is 9.57. The van der Waals surface area contributed by atoms with Crippen LogP contribution in [0.15, 0.2) is 85.1 Å². The van der Waals surface area contributed by atoms with Gasteiger partial charge in [0.15, 0.2) is 0 Å². The third-order valence-corrected chi connectivity index (χ3v) is 4.95. The molecule has 0 amide bonds. The van der Waals surface area contributed by atoms with Crippen molar-refractivity contribution in [3.8, 4) is 22.6 Å². The van der Waals surface area contributed by atoms with E-state index in [-0.39, 0.29) is 6.54 Å². The molecule has 0 N–H and O–H groups in total. The van der Waals surface area contributed by atoms with Crippen molar-refractivity contribution >= 4 is 0 Å². The van der Waals surface area contributed by atoms with Gasteiger partial charge in [0.05, 0.1) is 16.8 Å². The second kappa shape index (κ2) is 8.18. The maximum atomic E-state index is 12.9. The molecular weight excluding hydrogens is 430 g/mol. The van der Waals surface area contributed by atoms with Crippen molar-refractivity contribution in [2.24, 2.45) is 0 Å². The van der Waals surface area contributed by atoms with Crippen LogP contribution in [0.5, 0.6) is 0 Å². The molecule has 4 rings (SSSR count). The molecule has 0 fully saturated rings. The highest BCUT2D eigenvalue weighted by Gasteiger charge is 2.31. The van der Waals surface area contributed by atoms with E-state index in [4.69, 9.17) is 0 Å². The Morgan fingerprint density at radius 2 is 1.16 bits per heavy atom. The maximum absolute atomic E-state index is 12.9. The molecule has 0 radical (unpaired) electrons. The van der Waals surface area contributed by atoms with Crippen molar-refractivity contribution < 1.29 is 26.3 Å². The zero-order chi connectivity index (χ0) is 22.9.